The number of aryl methyl sites for hydroxylation is 1. The van der Waals surface area contributed by atoms with Gasteiger partial charge in [0.1, 0.15) is 0 Å². The van der Waals surface area contributed by atoms with Crippen LogP contribution in [0.15, 0.2) is 6.07 Å². The van der Waals surface area contributed by atoms with Gasteiger partial charge < -0.3 is 4.74 Å². The van der Waals surface area contributed by atoms with Crippen LogP contribution in [0.2, 0.25) is 0 Å². The molecule has 1 amide bonds. The second kappa shape index (κ2) is 9.84. The van der Waals surface area contributed by atoms with E-state index >= 15 is 0 Å². The molecule has 1 aliphatic rings. The summed E-state index contributed by atoms with van der Waals surface area (Å²) in [4.78, 5) is 21.2. The van der Waals surface area contributed by atoms with Crippen LogP contribution in [-0.4, -0.2) is 41.7 Å². The minimum absolute atomic E-state index is 0.128. The molecule has 0 aromatic carbocycles. The average molecular weight is 427 g/mol. The van der Waals surface area contributed by atoms with Crippen LogP contribution in [0.25, 0.3) is 0 Å². The number of hydrogen-bond donors (Lipinski definition) is 2. The van der Waals surface area contributed by atoms with Crippen molar-refractivity contribution in [2.75, 3.05) is 11.9 Å². The highest BCUT2D eigenvalue weighted by molar-refractivity contribution is 7.90. The van der Waals surface area contributed by atoms with Gasteiger partial charge >= 0.3 is 0 Å². The fraction of sp³-hybridized carbons (Fsp3) is 0.750. The molecule has 8 nitrogen and oxygen atoms in total. The van der Waals surface area contributed by atoms with E-state index < -0.39 is 14.8 Å². The van der Waals surface area contributed by atoms with Crippen LogP contribution in [0.4, 0.5) is 5.95 Å². The summed E-state index contributed by atoms with van der Waals surface area (Å²) < 4.78 is 32.2. The van der Waals surface area contributed by atoms with Crippen molar-refractivity contribution in [3.63, 3.8) is 0 Å². The Bertz CT molecular complexity index is 797. The SMILES string of the molecule is CCCCOc1cc(C)nc(NC(=O)[C@H]2CC[C@H](NS(=O)(=O)C(C)(C)C)CC2)n1. The van der Waals surface area contributed by atoms with Crippen LogP contribution < -0.4 is 14.8 Å². The molecule has 0 saturated heterocycles. The number of nitrogens with one attached hydrogen (secondary N) is 2. The van der Waals surface area contributed by atoms with Gasteiger partial charge in [-0.2, -0.15) is 4.98 Å². The Labute approximate surface area is 174 Å². The number of nitrogens with zero attached hydrogens (tertiary/aromatic N) is 2. The van der Waals surface area contributed by atoms with Gasteiger partial charge in [0.15, 0.2) is 0 Å². The average Bonchev–Trinajstić information content (AvgIpc) is 2.61. The van der Waals surface area contributed by atoms with Gasteiger partial charge in [0.05, 0.1) is 11.4 Å². The van der Waals surface area contributed by atoms with E-state index in [1.54, 1.807) is 26.8 Å². The normalized spacial score (nSPS) is 20.3. The molecule has 2 N–H and O–H groups in total. The molecule has 1 heterocycles. The number of hydrogen-bond acceptors (Lipinski definition) is 6. The number of carbonyl (C=O) groups is 1. The maximum atomic E-state index is 12.6. The molecular weight excluding hydrogens is 392 g/mol. The third-order valence-corrected chi connectivity index (χ3v) is 7.30. The Balaban J connectivity index is 1.90. The van der Waals surface area contributed by atoms with E-state index in [1.807, 2.05) is 6.92 Å². The second-order valence-corrected chi connectivity index (χ2v) is 11.1. The van der Waals surface area contributed by atoms with E-state index in [4.69, 9.17) is 4.74 Å². The van der Waals surface area contributed by atoms with Crippen LogP contribution in [0.1, 0.15) is 71.9 Å². The Morgan fingerprint density at radius 1 is 1.21 bits per heavy atom. The number of sulfonamides is 1. The van der Waals surface area contributed by atoms with Gasteiger partial charge in [0.25, 0.3) is 0 Å². The van der Waals surface area contributed by atoms with E-state index in [1.165, 1.54) is 0 Å². The zero-order valence-electron chi connectivity index (χ0n) is 18.1. The number of rotatable bonds is 8. The standard InChI is InChI=1S/C20H34N4O4S/c1-6-7-12-28-17-13-14(2)21-19(22-17)23-18(25)15-8-10-16(11-9-15)24-29(26,27)20(3,4)5/h13,15-16,24H,6-12H2,1-5H3,(H,21,22,23,25)/t15-,16-. The van der Waals surface area contributed by atoms with Crippen LogP contribution in [0, 0.1) is 12.8 Å². The van der Waals surface area contributed by atoms with Crippen molar-refractivity contribution >= 4 is 21.9 Å². The van der Waals surface area contributed by atoms with Crippen LogP contribution in [-0.2, 0) is 14.8 Å². The van der Waals surface area contributed by atoms with Crippen molar-refractivity contribution in [3.05, 3.63) is 11.8 Å². The summed E-state index contributed by atoms with van der Waals surface area (Å²) in [5.74, 6) is 0.393. The molecule has 1 aliphatic carbocycles. The Hall–Kier alpha value is -1.74. The molecule has 164 valence electrons. The lowest BCUT2D eigenvalue weighted by molar-refractivity contribution is -0.120. The molecule has 0 spiro atoms. The summed E-state index contributed by atoms with van der Waals surface area (Å²) in [6.45, 7) is 9.53. The number of carbonyl (C=O) groups excluding carboxylic acids is 1. The van der Waals surface area contributed by atoms with Gasteiger partial charge in [-0.3, -0.25) is 10.1 Å². The maximum absolute atomic E-state index is 12.6. The first kappa shape index (κ1) is 23.5. The molecule has 1 saturated carbocycles. The Kier molecular flexibility index (Phi) is 7.99. The summed E-state index contributed by atoms with van der Waals surface area (Å²) in [6.07, 6.45) is 4.47. The number of ether oxygens (including phenoxy) is 1. The molecule has 0 radical (unpaired) electrons. The molecule has 0 atom stereocenters. The minimum atomic E-state index is -3.39. The van der Waals surface area contributed by atoms with Crippen LogP contribution in [0.3, 0.4) is 0 Å². The highest BCUT2D eigenvalue weighted by Crippen LogP contribution is 2.27. The molecule has 0 aliphatic heterocycles. The molecule has 9 heteroatoms. The number of unbranched alkanes of at least 4 members (excludes halogenated alkanes) is 1. The maximum Gasteiger partial charge on any atom is 0.232 e. The summed E-state index contributed by atoms with van der Waals surface area (Å²) >= 11 is 0. The number of aromatic nitrogens is 2. The quantitative estimate of drug-likeness (QED) is 0.618. The van der Waals surface area contributed by atoms with Gasteiger partial charge in [-0.15, -0.1) is 0 Å². The summed E-state index contributed by atoms with van der Waals surface area (Å²) in [5, 5.41) is 2.79. The summed E-state index contributed by atoms with van der Waals surface area (Å²) in [7, 11) is -3.39. The van der Waals surface area contributed by atoms with Crippen molar-refractivity contribution < 1.29 is 17.9 Å². The lowest BCUT2D eigenvalue weighted by Gasteiger charge is -2.30. The van der Waals surface area contributed by atoms with Crippen molar-refractivity contribution in [2.24, 2.45) is 5.92 Å². The minimum Gasteiger partial charge on any atom is -0.478 e. The molecule has 0 bridgehead atoms. The van der Waals surface area contributed by atoms with Gasteiger partial charge in [-0.1, -0.05) is 13.3 Å². The Morgan fingerprint density at radius 3 is 2.45 bits per heavy atom. The van der Waals surface area contributed by atoms with Crippen LogP contribution in [0.5, 0.6) is 5.88 Å². The molecule has 2 rings (SSSR count). The topological polar surface area (TPSA) is 110 Å². The predicted octanol–water partition coefficient (Wildman–Crippen LogP) is 3.18. The molecule has 0 unspecified atom stereocenters. The zero-order chi connectivity index (χ0) is 21.7. The highest BCUT2D eigenvalue weighted by Gasteiger charge is 2.34. The lowest BCUT2D eigenvalue weighted by atomic mass is 9.86. The van der Waals surface area contributed by atoms with Gasteiger partial charge in [-0.25, -0.2) is 18.1 Å². The third kappa shape index (κ3) is 6.92. The first-order valence-corrected chi connectivity index (χ1v) is 11.8. The highest BCUT2D eigenvalue weighted by atomic mass is 32.2. The van der Waals surface area contributed by atoms with E-state index in [0.29, 0.717) is 38.2 Å². The lowest BCUT2D eigenvalue weighted by Crippen LogP contribution is -2.46. The Morgan fingerprint density at radius 2 is 1.86 bits per heavy atom. The zero-order valence-corrected chi connectivity index (χ0v) is 18.9. The van der Waals surface area contributed by atoms with Gasteiger partial charge in [0.2, 0.25) is 27.8 Å². The summed E-state index contributed by atoms with van der Waals surface area (Å²) in [6, 6.07) is 1.62. The van der Waals surface area contributed by atoms with E-state index in [2.05, 4.69) is 26.9 Å². The van der Waals surface area contributed by atoms with Crippen LogP contribution >= 0.6 is 0 Å². The van der Waals surface area contributed by atoms with Gasteiger partial charge in [-0.05, 0) is 59.8 Å². The fourth-order valence-corrected chi connectivity index (χ4v) is 4.10. The van der Waals surface area contributed by atoms with E-state index in [0.717, 1.165) is 18.5 Å². The fourth-order valence-electron chi connectivity index (χ4n) is 3.07. The van der Waals surface area contributed by atoms with Crippen molar-refractivity contribution in [3.8, 4) is 5.88 Å². The van der Waals surface area contributed by atoms with E-state index in [-0.39, 0.29) is 23.8 Å². The van der Waals surface area contributed by atoms with Crippen molar-refractivity contribution in [1.29, 1.82) is 0 Å². The van der Waals surface area contributed by atoms with E-state index in [9.17, 15) is 13.2 Å². The molecule has 29 heavy (non-hydrogen) atoms. The van der Waals surface area contributed by atoms with Gasteiger partial charge in [0, 0.05) is 23.7 Å². The first-order chi connectivity index (χ1) is 13.5. The summed E-state index contributed by atoms with van der Waals surface area (Å²) in [5.41, 5.74) is 0.724. The largest absolute Gasteiger partial charge is 0.478 e. The molecule has 1 aromatic rings. The molecular formula is C20H34N4O4S. The molecule has 1 fully saturated rings. The first-order valence-electron chi connectivity index (χ1n) is 10.3. The monoisotopic (exact) mass is 426 g/mol. The smallest absolute Gasteiger partial charge is 0.232 e. The van der Waals surface area contributed by atoms with Crippen molar-refractivity contribution in [2.45, 2.75) is 83.9 Å². The molecule has 1 aromatic heterocycles. The predicted molar refractivity (Wildman–Crippen MR) is 113 cm³/mol. The van der Waals surface area contributed by atoms with Crippen molar-refractivity contribution in [1.82, 2.24) is 14.7 Å². The number of amides is 1. The second-order valence-electron chi connectivity index (χ2n) is 8.64. The third-order valence-electron chi connectivity index (χ3n) is 5.04. The number of anilines is 1.